The van der Waals surface area contributed by atoms with Crippen molar-refractivity contribution in [3.63, 3.8) is 0 Å². The maximum absolute atomic E-state index is 12.0. The van der Waals surface area contributed by atoms with Gasteiger partial charge in [0.15, 0.2) is 0 Å². The van der Waals surface area contributed by atoms with Crippen LogP contribution in [0.2, 0.25) is 0 Å². The minimum absolute atomic E-state index is 0.00926. The van der Waals surface area contributed by atoms with Crippen LogP contribution in [0.25, 0.3) is 0 Å². The average molecular weight is 328 g/mol. The van der Waals surface area contributed by atoms with Crippen LogP contribution < -0.4 is 5.32 Å². The highest BCUT2D eigenvalue weighted by atomic mass is 79.9. The van der Waals surface area contributed by atoms with E-state index in [0.717, 1.165) is 10.0 Å². The molecule has 0 amide bonds. The molecule has 1 N–H and O–H groups in total. The predicted molar refractivity (Wildman–Crippen MR) is 69.0 cm³/mol. The first-order valence-corrected chi connectivity index (χ1v) is 6.83. The number of halogens is 4. The first-order chi connectivity index (χ1) is 7.87. The molecule has 0 aromatic heterocycles. The number of rotatable bonds is 5. The first-order valence-electron chi connectivity index (χ1n) is 5.05. The van der Waals surface area contributed by atoms with Crippen molar-refractivity contribution in [2.24, 2.45) is 0 Å². The van der Waals surface area contributed by atoms with E-state index in [2.05, 4.69) is 21.2 Å². The van der Waals surface area contributed by atoms with Crippen molar-refractivity contribution in [2.75, 3.05) is 5.75 Å². The number of alkyl halides is 3. The molecular formula is C11H13BrF3NS. The number of hydrogen-bond acceptors (Lipinski definition) is 2. The van der Waals surface area contributed by atoms with Gasteiger partial charge in [-0.05, 0) is 36.4 Å². The van der Waals surface area contributed by atoms with E-state index in [4.69, 9.17) is 0 Å². The summed E-state index contributed by atoms with van der Waals surface area (Å²) in [5.74, 6) is 0.0278. The summed E-state index contributed by atoms with van der Waals surface area (Å²) in [5, 5.41) is 3.05. The normalized spacial score (nSPS) is 13.7. The fraction of sp³-hybridized carbons (Fsp3) is 0.455. The molecule has 17 heavy (non-hydrogen) atoms. The van der Waals surface area contributed by atoms with E-state index in [0.29, 0.717) is 6.54 Å². The molecule has 0 bridgehead atoms. The molecule has 0 aliphatic rings. The van der Waals surface area contributed by atoms with Gasteiger partial charge in [0.2, 0.25) is 0 Å². The third-order valence-electron chi connectivity index (χ3n) is 2.06. The Kier molecular flexibility index (Phi) is 5.82. The molecule has 0 radical (unpaired) electrons. The van der Waals surface area contributed by atoms with Crippen LogP contribution in [0.3, 0.4) is 0 Å². The monoisotopic (exact) mass is 327 g/mol. The minimum Gasteiger partial charge on any atom is -0.309 e. The Balaban J connectivity index is 2.28. The summed E-state index contributed by atoms with van der Waals surface area (Å²) in [6.07, 6.45) is 0. The molecular weight excluding hydrogens is 315 g/mol. The zero-order valence-corrected chi connectivity index (χ0v) is 11.6. The summed E-state index contributed by atoms with van der Waals surface area (Å²) in [5.41, 5.74) is -3.09. The second-order valence-corrected chi connectivity index (χ2v) is 5.67. The third-order valence-corrected chi connectivity index (χ3v) is 3.59. The molecule has 0 saturated carbocycles. The van der Waals surface area contributed by atoms with Crippen LogP contribution in [0.15, 0.2) is 28.7 Å². The highest BCUT2D eigenvalue weighted by Crippen LogP contribution is 2.30. The zero-order valence-electron chi connectivity index (χ0n) is 9.22. The van der Waals surface area contributed by atoms with Gasteiger partial charge in [0.05, 0.1) is 0 Å². The van der Waals surface area contributed by atoms with E-state index < -0.39 is 5.51 Å². The van der Waals surface area contributed by atoms with Crippen molar-refractivity contribution < 1.29 is 13.2 Å². The van der Waals surface area contributed by atoms with Crippen molar-refractivity contribution in [1.82, 2.24) is 5.32 Å². The van der Waals surface area contributed by atoms with Crippen LogP contribution >= 0.6 is 27.7 Å². The molecule has 0 spiro atoms. The molecule has 6 heteroatoms. The SMILES string of the molecule is CC(CSC(F)(F)F)NCc1ccc(Br)cc1. The summed E-state index contributed by atoms with van der Waals surface area (Å²) in [4.78, 5) is 0. The van der Waals surface area contributed by atoms with Crippen LogP contribution in [0.4, 0.5) is 13.2 Å². The van der Waals surface area contributed by atoms with Crippen molar-refractivity contribution >= 4 is 27.7 Å². The van der Waals surface area contributed by atoms with E-state index in [9.17, 15) is 13.2 Å². The van der Waals surface area contributed by atoms with E-state index in [1.165, 1.54) is 0 Å². The summed E-state index contributed by atoms with van der Waals surface area (Å²) in [6, 6.07) is 7.50. The summed E-state index contributed by atoms with van der Waals surface area (Å²) in [6.45, 7) is 2.32. The van der Waals surface area contributed by atoms with Gasteiger partial charge in [-0.2, -0.15) is 13.2 Å². The maximum atomic E-state index is 12.0. The molecule has 0 aliphatic heterocycles. The van der Waals surface area contributed by atoms with Gasteiger partial charge in [0.1, 0.15) is 0 Å². The van der Waals surface area contributed by atoms with Gasteiger partial charge < -0.3 is 5.32 Å². The van der Waals surface area contributed by atoms with E-state index in [-0.39, 0.29) is 23.6 Å². The number of benzene rings is 1. The van der Waals surface area contributed by atoms with Gasteiger partial charge in [-0.3, -0.25) is 0 Å². The van der Waals surface area contributed by atoms with E-state index in [1.54, 1.807) is 6.92 Å². The molecule has 0 aliphatic carbocycles. The first kappa shape index (κ1) is 14.9. The second-order valence-electron chi connectivity index (χ2n) is 3.67. The van der Waals surface area contributed by atoms with Crippen LogP contribution in [-0.2, 0) is 6.54 Å². The van der Waals surface area contributed by atoms with Crippen LogP contribution in [-0.4, -0.2) is 17.3 Å². The van der Waals surface area contributed by atoms with Gasteiger partial charge in [0, 0.05) is 22.8 Å². The average Bonchev–Trinajstić information content (AvgIpc) is 2.25. The van der Waals surface area contributed by atoms with Crippen molar-refractivity contribution in [3.8, 4) is 0 Å². The Labute approximate surface area is 111 Å². The molecule has 1 aromatic rings. The molecule has 1 aromatic carbocycles. The Bertz CT molecular complexity index is 340. The quantitative estimate of drug-likeness (QED) is 0.870. The fourth-order valence-electron chi connectivity index (χ4n) is 1.17. The molecule has 0 heterocycles. The highest BCUT2D eigenvalue weighted by Gasteiger charge is 2.28. The van der Waals surface area contributed by atoms with Gasteiger partial charge in [-0.15, -0.1) is 0 Å². The standard InChI is InChI=1S/C11H13BrF3NS/c1-8(7-17-11(13,14)15)16-6-9-2-4-10(12)5-3-9/h2-5,8,16H,6-7H2,1H3. The number of nitrogens with one attached hydrogen (secondary N) is 1. The van der Waals surface area contributed by atoms with Crippen LogP contribution in [0.1, 0.15) is 12.5 Å². The summed E-state index contributed by atoms with van der Waals surface area (Å²) < 4.78 is 36.8. The van der Waals surface area contributed by atoms with E-state index in [1.807, 2.05) is 24.3 Å². The molecule has 1 atom stereocenters. The van der Waals surface area contributed by atoms with Crippen LogP contribution in [0.5, 0.6) is 0 Å². The minimum atomic E-state index is -4.15. The fourth-order valence-corrected chi connectivity index (χ4v) is 1.99. The molecule has 96 valence electrons. The Morgan fingerprint density at radius 1 is 1.29 bits per heavy atom. The largest absolute Gasteiger partial charge is 0.441 e. The van der Waals surface area contributed by atoms with Crippen molar-refractivity contribution in [3.05, 3.63) is 34.3 Å². The highest BCUT2D eigenvalue weighted by molar-refractivity contribution is 9.10. The molecule has 1 nitrogen and oxygen atoms in total. The Hall–Kier alpha value is -0.200. The lowest BCUT2D eigenvalue weighted by atomic mass is 10.2. The second kappa shape index (κ2) is 6.66. The molecule has 0 fully saturated rings. The topological polar surface area (TPSA) is 12.0 Å². The van der Waals surface area contributed by atoms with Gasteiger partial charge >= 0.3 is 5.51 Å². The zero-order chi connectivity index (χ0) is 12.9. The maximum Gasteiger partial charge on any atom is 0.441 e. The smallest absolute Gasteiger partial charge is 0.309 e. The van der Waals surface area contributed by atoms with E-state index >= 15 is 0 Å². The van der Waals surface area contributed by atoms with Gasteiger partial charge in [-0.1, -0.05) is 28.1 Å². The lowest BCUT2D eigenvalue weighted by Gasteiger charge is -2.14. The van der Waals surface area contributed by atoms with Gasteiger partial charge in [0.25, 0.3) is 0 Å². The predicted octanol–water partition coefficient (Wildman–Crippen LogP) is 4.18. The van der Waals surface area contributed by atoms with Gasteiger partial charge in [-0.25, -0.2) is 0 Å². The Morgan fingerprint density at radius 3 is 2.41 bits per heavy atom. The van der Waals surface area contributed by atoms with Crippen LogP contribution in [0, 0.1) is 0 Å². The molecule has 1 rings (SSSR count). The Morgan fingerprint density at radius 2 is 1.88 bits per heavy atom. The van der Waals surface area contributed by atoms with Crippen molar-refractivity contribution in [1.29, 1.82) is 0 Å². The molecule has 1 unspecified atom stereocenters. The summed E-state index contributed by atoms with van der Waals surface area (Å²) >= 11 is 3.33. The van der Waals surface area contributed by atoms with Crippen molar-refractivity contribution in [2.45, 2.75) is 25.0 Å². The third kappa shape index (κ3) is 6.95. The number of hydrogen-bond donors (Lipinski definition) is 1. The summed E-state index contributed by atoms with van der Waals surface area (Å²) in [7, 11) is 0. The lowest BCUT2D eigenvalue weighted by Crippen LogP contribution is -2.28. The number of thioether (sulfide) groups is 1. The molecule has 0 saturated heterocycles. The lowest BCUT2D eigenvalue weighted by molar-refractivity contribution is -0.0328.